The Labute approximate surface area is 178 Å². The van der Waals surface area contributed by atoms with Crippen LogP contribution in [0.2, 0.25) is 0 Å². The number of ether oxygens (including phenoxy) is 3. The predicted molar refractivity (Wildman–Crippen MR) is 108 cm³/mol. The van der Waals surface area contributed by atoms with Gasteiger partial charge in [0.2, 0.25) is 17.7 Å². The second kappa shape index (κ2) is 8.84. The van der Waals surface area contributed by atoms with Crippen molar-refractivity contribution in [1.29, 1.82) is 0 Å². The lowest BCUT2D eigenvalue weighted by Crippen LogP contribution is -2.49. The van der Waals surface area contributed by atoms with Gasteiger partial charge in [0.05, 0.1) is 26.4 Å². The lowest BCUT2D eigenvalue weighted by atomic mass is 9.89. The van der Waals surface area contributed by atoms with Crippen molar-refractivity contribution in [3.8, 4) is 17.1 Å². The number of nitrogens with zero attached hydrogens (tertiary/aromatic N) is 5. The van der Waals surface area contributed by atoms with Gasteiger partial charge in [-0.1, -0.05) is 0 Å². The average molecular weight is 433 g/mol. The number of aromatic nitrogens is 4. The van der Waals surface area contributed by atoms with Gasteiger partial charge in [-0.25, -0.2) is 19.7 Å². The third-order valence-corrected chi connectivity index (χ3v) is 5.26. The molecular formula is C19H24FN7O4. The molecule has 0 radical (unpaired) electrons. The van der Waals surface area contributed by atoms with Gasteiger partial charge in [0.15, 0.2) is 0 Å². The van der Waals surface area contributed by atoms with Crippen LogP contribution in [0, 0.1) is 5.82 Å². The second-order valence-electron chi connectivity index (χ2n) is 7.48. The normalized spacial score (nSPS) is 23.1. The largest absolute Gasteiger partial charge is 0.472 e. The quantitative estimate of drug-likeness (QED) is 0.706. The summed E-state index contributed by atoms with van der Waals surface area (Å²) in [7, 11) is 1.30. The number of rotatable bonds is 5. The molecule has 11 nitrogen and oxygen atoms in total. The zero-order valence-corrected chi connectivity index (χ0v) is 17.2. The molecule has 1 aliphatic carbocycles. The number of morpholine rings is 1. The van der Waals surface area contributed by atoms with Crippen molar-refractivity contribution in [2.75, 3.05) is 37.5 Å². The van der Waals surface area contributed by atoms with E-state index in [1.165, 1.54) is 19.5 Å². The summed E-state index contributed by atoms with van der Waals surface area (Å²) >= 11 is 0. The Bertz CT molecular complexity index is 940. The molecule has 2 aliphatic rings. The van der Waals surface area contributed by atoms with E-state index in [1.807, 2.05) is 11.8 Å². The number of alkyl carbamates (subject to hydrolysis) is 1. The number of carbonyl (C=O) groups is 1. The van der Waals surface area contributed by atoms with Crippen LogP contribution < -0.4 is 20.7 Å². The van der Waals surface area contributed by atoms with E-state index in [1.54, 1.807) is 0 Å². The van der Waals surface area contributed by atoms with Crippen LogP contribution in [-0.2, 0) is 9.47 Å². The molecule has 2 aromatic rings. The van der Waals surface area contributed by atoms with Crippen LogP contribution in [0.25, 0.3) is 11.3 Å². The maximum Gasteiger partial charge on any atom is 0.407 e. The molecule has 4 rings (SSSR count). The summed E-state index contributed by atoms with van der Waals surface area (Å²) in [6.45, 7) is 3.58. The lowest BCUT2D eigenvalue weighted by Gasteiger charge is -2.36. The summed E-state index contributed by atoms with van der Waals surface area (Å²) in [6.07, 6.45) is 3.04. The third-order valence-electron chi connectivity index (χ3n) is 5.26. The lowest BCUT2D eigenvalue weighted by molar-refractivity contribution is 0.0722. The molecule has 1 saturated heterocycles. The number of amides is 1. The number of nitrogen functional groups attached to an aromatic ring is 1. The first kappa shape index (κ1) is 21.0. The maximum absolute atomic E-state index is 15.3. The zero-order valence-electron chi connectivity index (χ0n) is 17.2. The Balaban J connectivity index is 1.61. The van der Waals surface area contributed by atoms with Gasteiger partial charge < -0.3 is 30.2 Å². The number of carbonyl (C=O) groups excluding carboxylic acids is 1. The number of nitrogens with one attached hydrogen (secondary N) is 1. The summed E-state index contributed by atoms with van der Waals surface area (Å²) in [4.78, 5) is 29.9. The molecule has 0 unspecified atom stereocenters. The van der Waals surface area contributed by atoms with E-state index in [0.717, 1.165) is 0 Å². The van der Waals surface area contributed by atoms with E-state index in [9.17, 15) is 4.79 Å². The van der Waals surface area contributed by atoms with Crippen molar-refractivity contribution < 1.29 is 23.4 Å². The number of methoxy groups -OCH3 is 1. The van der Waals surface area contributed by atoms with Crippen LogP contribution in [0.5, 0.6) is 5.88 Å². The van der Waals surface area contributed by atoms with E-state index in [-0.39, 0.29) is 35.7 Å². The van der Waals surface area contributed by atoms with Crippen molar-refractivity contribution >= 4 is 18.0 Å². The summed E-state index contributed by atoms with van der Waals surface area (Å²) in [5.41, 5.74) is 5.94. The summed E-state index contributed by atoms with van der Waals surface area (Å²) < 4.78 is 31.2. The molecule has 1 atom stereocenters. The molecule has 1 aliphatic heterocycles. The molecule has 2 fully saturated rings. The number of nitrogens with two attached hydrogens (primary N) is 1. The minimum atomic E-state index is -0.706. The van der Waals surface area contributed by atoms with Crippen LogP contribution in [-0.4, -0.2) is 71.1 Å². The molecular weight excluding hydrogens is 409 g/mol. The standard InChI is InChI=1S/C19H24FN7O4/c1-10-9-30-4-3-27(10)18-25-15(11-7-22-17(21)23-8-11)14(20)16(26-18)31-13-5-12(6-13)24-19(28)29-2/h7-8,10,12-13H,3-6,9H2,1-2H3,(H,24,28)(H2,21,22,23)/t10-,12-,13-/m0/s1. The van der Waals surface area contributed by atoms with E-state index < -0.39 is 11.9 Å². The highest BCUT2D eigenvalue weighted by molar-refractivity contribution is 5.67. The fourth-order valence-electron chi connectivity index (χ4n) is 3.46. The molecule has 166 valence electrons. The number of halogens is 1. The average Bonchev–Trinajstić information content (AvgIpc) is 2.74. The Kier molecular flexibility index (Phi) is 5.98. The molecule has 0 spiro atoms. The molecule has 3 heterocycles. The smallest absolute Gasteiger partial charge is 0.407 e. The van der Waals surface area contributed by atoms with Crippen molar-refractivity contribution in [1.82, 2.24) is 25.3 Å². The number of anilines is 2. The van der Waals surface area contributed by atoms with Crippen molar-refractivity contribution in [3.05, 3.63) is 18.2 Å². The summed E-state index contributed by atoms with van der Waals surface area (Å²) in [5, 5.41) is 2.69. The molecule has 31 heavy (non-hydrogen) atoms. The van der Waals surface area contributed by atoms with Crippen LogP contribution in [0.3, 0.4) is 0 Å². The predicted octanol–water partition coefficient (Wildman–Crippen LogP) is 1.15. The van der Waals surface area contributed by atoms with Gasteiger partial charge in [-0.05, 0) is 6.92 Å². The molecule has 3 N–H and O–H groups in total. The van der Waals surface area contributed by atoms with Crippen molar-refractivity contribution in [2.45, 2.75) is 38.0 Å². The number of hydrogen-bond acceptors (Lipinski definition) is 10. The monoisotopic (exact) mass is 433 g/mol. The van der Waals surface area contributed by atoms with E-state index >= 15 is 4.39 Å². The summed E-state index contributed by atoms with van der Waals surface area (Å²) in [5.74, 6) is -0.447. The van der Waals surface area contributed by atoms with Crippen LogP contribution in [0.4, 0.5) is 21.1 Å². The number of hydrogen-bond donors (Lipinski definition) is 2. The Morgan fingerprint density at radius 1 is 1.32 bits per heavy atom. The highest BCUT2D eigenvalue weighted by Gasteiger charge is 2.34. The van der Waals surface area contributed by atoms with Gasteiger partial charge in [0, 0.05) is 43.4 Å². The topological polar surface area (TPSA) is 138 Å². The van der Waals surface area contributed by atoms with Gasteiger partial charge in [0.25, 0.3) is 5.88 Å². The zero-order chi connectivity index (χ0) is 22.0. The first-order valence-electron chi connectivity index (χ1n) is 9.95. The highest BCUT2D eigenvalue weighted by Crippen LogP contribution is 2.33. The second-order valence-corrected chi connectivity index (χ2v) is 7.48. The first-order chi connectivity index (χ1) is 14.9. The van der Waals surface area contributed by atoms with Crippen LogP contribution in [0.15, 0.2) is 12.4 Å². The molecule has 1 saturated carbocycles. The van der Waals surface area contributed by atoms with E-state index in [2.05, 4.69) is 30.0 Å². The van der Waals surface area contributed by atoms with Gasteiger partial charge in [-0.3, -0.25) is 0 Å². The van der Waals surface area contributed by atoms with E-state index in [4.69, 9.17) is 15.2 Å². The molecule has 2 aromatic heterocycles. The fourth-order valence-corrected chi connectivity index (χ4v) is 3.46. The third kappa shape index (κ3) is 4.58. The Morgan fingerprint density at radius 2 is 2.06 bits per heavy atom. The van der Waals surface area contributed by atoms with Crippen LogP contribution in [0.1, 0.15) is 19.8 Å². The molecule has 0 aromatic carbocycles. The van der Waals surface area contributed by atoms with Crippen LogP contribution >= 0.6 is 0 Å². The van der Waals surface area contributed by atoms with Gasteiger partial charge >= 0.3 is 6.09 Å². The van der Waals surface area contributed by atoms with Gasteiger partial charge in [0.1, 0.15) is 11.8 Å². The van der Waals surface area contributed by atoms with Gasteiger partial charge in [-0.2, -0.15) is 9.37 Å². The molecule has 12 heteroatoms. The maximum atomic E-state index is 15.3. The molecule has 0 bridgehead atoms. The van der Waals surface area contributed by atoms with Gasteiger partial charge in [-0.15, -0.1) is 0 Å². The Morgan fingerprint density at radius 3 is 2.74 bits per heavy atom. The fraction of sp³-hybridized carbons (Fsp3) is 0.526. The van der Waals surface area contributed by atoms with E-state index in [0.29, 0.717) is 44.1 Å². The highest BCUT2D eigenvalue weighted by atomic mass is 19.1. The minimum absolute atomic E-state index is 0.0138. The summed E-state index contributed by atoms with van der Waals surface area (Å²) in [6, 6.07) is -0.0778. The first-order valence-corrected chi connectivity index (χ1v) is 9.95. The molecule has 1 amide bonds. The van der Waals surface area contributed by atoms with Crippen molar-refractivity contribution in [2.24, 2.45) is 0 Å². The SMILES string of the molecule is COC(=O)N[C@H]1C[C@H](Oc2nc(N3CCOC[C@@H]3C)nc(-c3cnc(N)nc3)c2F)C1. The Hall–Kier alpha value is -3.28. The minimum Gasteiger partial charge on any atom is -0.472 e. The van der Waals surface area contributed by atoms with Crippen molar-refractivity contribution in [3.63, 3.8) is 0 Å².